The highest BCUT2D eigenvalue weighted by molar-refractivity contribution is 7.13. The maximum absolute atomic E-state index is 12.2. The first-order valence-corrected chi connectivity index (χ1v) is 8.65. The average Bonchev–Trinajstić information content (AvgIpc) is 3.24. The first-order valence-electron chi connectivity index (χ1n) is 7.78. The minimum atomic E-state index is -0.190. The average molecular weight is 341 g/mol. The zero-order valence-corrected chi connectivity index (χ0v) is 14.2. The molecule has 2 heterocycles. The Morgan fingerprint density at radius 2 is 2.12 bits per heavy atom. The van der Waals surface area contributed by atoms with Gasteiger partial charge in [-0.15, -0.1) is 11.3 Å². The SMILES string of the molecule is CCNc1nc(C(=O)NCc2nccn2Cc2ccccc2)cs1. The fourth-order valence-corrected chi connectivity index (χ4v) is 3.05. The van der Waals surface area contributed by atoms with Crippen LogP contribution in [0.3, 0.4) is 0 Å². The Labute approximate surface area is 144 Å². The molecule has 0 radical (unpaired) electrons. The number of aromatic nitrogens is 3. The highest BCUT2D eigenvalue weighted by Gasteiger charge is 2.11. The van der Waals surface area contributed by atoms with E-state index in [1.54, 1.807) is 11.6 Å². The Balaban J connectivity index is 1.60. The molecule has 24 heavy (non-hydrogen) atoms. The predicted octanol–water partition coefficient (Wildman–Crippen LogP) is 2.75. The van der Waals surface area contributed by atoms with Crippen molar-refractivity contribution in [2.24, 2.45) is 0 Å². The predicted molar refractivity (Wildman–Crippen MR) is 95.2 cm³/mol. The van der Waals surface area contributed by atoms with Crippen molar-refractivity contribution in [3.8, 4) is 0 Å². The van der Waals surface area contributed by atoms with Gasteiger partial charge in [0, 0.05) is 30.9 Å². The molecule has 0 unspecified atom stereocenters. The van der Waals surface area contributed by atoms with Gasteiger partial charge in [-0.3, -0.25) is 4.79 Å². The molecule has 0 fully saturated rings. The number of anilines is 1. The highest BCUT2D eigenvalue weighted by Crippen LogP contribution is 2.15. The summed E-state index contributed by atoms with van der Waals surface area (Å²) < 4.78 is 2.03. The number of hydrogen-bond acceptors (Lipinski definition) is 5. The molecule has 1 aromatic carbocycles. The van der Waals surface area contributed by atoms with Crippen LogP contribution in [0.5, 0.6) is 0 Å². The molecule has 0 spiro atoms. The number of nitrogens with one attached hydrogen (secondary N) is 2. The van der Waals surface area contributed by atoms with E-state index in [0.29, 0.717) is 12.2 Å². The second-order valence-corrected chi connectivity index (χ2v) is 6.07. The second kappa shape index (κ2) is 7.74. The van der Waals surface area contributed by atoms with Crippen LogP contribution in [0.25, 0.3) is 0 Å². The van der Waals surface area contributed by atoms with Crippen LogP contribution in [0.4, 0.5) is 5.13 Å². The zero-order chi connectivity index (χ0) is 16.8. The Morgan fingerprint density at radius 1 is 1.29 bits per heavy atom. The minimum Gasteiger partial charge on any atom is -0.362 e. The molecule has 2 aromatic heterocycles. The summed E-state index contributed by atoms with van der Waals surface area (Å²) >= 11 is 1.43. The van der Waals surface area contributed by atoms with Crippen LogP contribution >= 0.6 is 11.3 Å². The molecule has 1 amide bonds. The minimum absolute atomic E-state index is 0.190. The second-order valence-electron chi connectivity index (χ2n) is 5.21. The van der Waals surface area contributed by atoms with Crippen molar-refractivity contribution in [2.45, 2.75) is 20.0 Å². The van der Waals surface area contributed by atoms with Gasteiger partial charge in [0.1, 0.15) is 11.5 Å². The van der Waals surface area contributed by atoms with E-state index in [1.807, 2.05) is 35.9 Å². The standard InChI is InChI=1S/C17H19N5OS/c1-2-18-17-21-14(12-24-17)16(23)20-10-15-19-8-9-22(15)11-13-6-4-3-5-7-13/h3-9,12H,2,10-11H2,1H3,(H,18,21)(H,20,23). The Kier molecular flexibility index (Phi) is 5.22. The third-order valence-electron chi connectivity index (χ3n) is 3.47. The summed E-state index contributed by atoms with van der Waals surface area (Å²) in [6, 6.07) is 10.2. The van der Waals surface area contributed by atoms with Gasteiger partial charge in [0.2, 0.25) is 0 Å². The summed E-state index contributed by atoms with van der Waals surface area (Å²) in [5, 5.41) is 8.49. The van der Waals surface area contributed by atoms with Crippen molar-refractivity contribution in [3.05, 3.63) is 65.2 Å². The van der Waals surface area contributed by atoms with Crippen LogP contribution in [-0.2, 0) is 13.1 Å². The van der Waals surface area contributed by atoms with Gasteiger partial charge in [-0.05, 0) is 12.5 Å². The first kappa shape index (κ1) is 16.2. The molecule has 0 aliphatic rings. The fourth-order valence-electron chi connectivity index (χ4n) is 2.29. The van der Waals surface area contributed by atoms with Crippen molar-refractivity contribution >= 4 is 22.4 Å². The number of rotatable bonds is 7. The van der Waals surface area contributed by atoms with Crippen molar-refractivity contribution in [2.75, 3.05) is 11.9 Å². The summed E-state index contributed by atoms with van der Waals surface area (Å²) in [5.74, 6) is 0.624. The van der Waals surface area contributed by atoms with Crippen LogP contribution in [0.15, 0.2) is 48.1 Å². The highest BCUT2D eigenvalue weighted by atomic mass is 32.1. The zero-order valence-electron chi connectivity index (χ0n) is 13.4. The summed E-state index contributed by atoms with van der Waals surface area (Å²) in [4.78, 5) is 20.8. The smallest absolute Gasteiger partial charge is 0.271 e. The van der Waals surface area contributed by atoms with Gasteiger partial charge in [0.05, 0.1) is 6.54 Å². The summed E-state index contributed by atoms with van der Waals surface area (Å²) in [6.45, 7) is 3.87. The van der Waals surface area contributed by atoms with Crippen LogP contribution in [0, 0.1) is 0 Å². The number of hydrogen-bond donors (Lipinski definition) is 2. The van der Waals surface area contributed by atoms with Crippen LogP contribution in [0.1, 0.15) is 28.8 Å². The van der Waals surface area contributed by atoms with Gasteiger partial charge in [-0.1, -0.05) is 30.3 Å². The lowest BCUT2D eigenvalue weighted by Crippen LogP contribution is -2.25. The van der Waals surface area contributed by atoms with Gasteiger partial charge in [-0.25, -0.2) is 9.97 Å². The number of carbonyl (C=O) groups is 1. The summed E-state index contributed by atoms with van der Waals surface area (Å²) in [6.07, 6.45) is 3.66. The maximum atomic E-state index is 12.2. The van der Waals surface area contributed by atoms with Crippen molar-refractivity contribution < 1.29 is 4.79 Å². The number of benzene rings is 1. The molecular formula is C17H19N5OS. The van der Waals surface area contributed by atoms with Crippen LogP contribution < -0.4 is 10.6 Å². The molecule has 0 saturated heterocycles. The van der Waals surface area contributed by atoms with E-state index >= 15 is 0 Å². The molecule has 124 valence electrons. The molecule has 6 nitrogen and oxygen atoms in total. The van der Waals surface area contributed by atoms with E-state index < -0.39 is 0 Å². The first-order chi connectivity index (χ1) is 11.8. The number of imidazole rings is 1. The van der Waals surface area contributed by atoms with Crippen molar-refractivity contribution in [1.29, 1.82) is 0 Å². The van der Waals surface area contributed by atoms with Crippen LogP contribution in [0.2, 0.25) is 0 Å². The molecule has 0 aliphatic carbocycles. The van der Waals surface area contributed by atoms with E-state index in [1.165, 1.54) is 16.9 Å². The molecule has 0 saturated carbocycles. The van der Waals surface area contributed by atoms with Gasteiger partial charge in [-0.2, -0.15) is 0 Å². The maximum Gasteiger partial charge on any atom is 0.271 e. The number of carbonyl (C=O) groups excluding carboxylic acids is 1. The van der Waals surface area contributed by atoms with E-state index in [2.05, 4.69) is 32.7 Å². The van der Waals surface area contributed by atoms with E-state index in [-0.39, 0.29) is 5.91 Å². The summed E-state index contributed by atoms with van der Waals surface area (Å²) in [7, 11) is 0. The lowest BCUT2D eigenvalue weighted by molar-refractivity contribution is 0.0945. The number of amides is 1. The van der Waals surface area contributed by atoms with Crippen molar-refractivity contribution in [1.82, 2.24) is 19.9 Å². The lowest BCUT2D eigenvalue weighted by Gasteiger charge is -2.08. The largest absolute Gasteiger partial charge is 0.362 e. The van der Waals surface area contributed by atoms with Gasteiger partial charge in [0.15, 0.2) is 5.13 Å². The Bertz CT molecular complexity index is 796. The van der Waals surface area contributed by atoms with Crippen molar-refractivity contribution in [3.63, 3.8) is 0 Å². The molecule has 7 heteroatoms. The third-order valence-corrected chi connectivity index (χ3v) is 4.27. The monoisotopic (exact) mass is 341 g/mol. The quantitative estimate of drug-likeness (QED) is 0.693. The third kappa shape index (κ3) is 3.99. The van der Waals surface area contributed by atoms with Crippen LogP contribution in [-0.4, -0.2) is 27.0 Å². The van der Waals surface area contributed by atoms with Gasteiger partial charge < -0.3 is 15.2 Å². The molecule has 0 aliphatic heterocycles. The summed E-state index contributed by atoms with van der Waals surface area (Å²) in [5.41, 5.74) is 1.62. The topological polar surface area (TPSA) is 71.8 Å². The molecule has 3 aromatic rings. The normalized spacial score (nSPS) is 10.5. The van der Waals surface area contributed by atoms with Gasteiger partial charge >= 0.3 is 0 Å². The molecule has 0 bridgehead atoms. The number of thiazole rings is 1. The van der Waals surface area contributed by atoms with E-state index in [9.17, 15) is 4.79 Å². The van der Waals surface area contributed by atoms with Gasteiger partial charge in [0.25, 0.3) is 5.91 Å². The number of nitrogens with zero attached hydrogens (tertiary/aromatic N) is 3. The lowest BCUT2D eigenvalue weighted by atomic mass is 10.2. The fraction of sp³-hybridized carbons (Fsp3) is 0.235. The Hall–Kier alpha value is -2.67. The van der Waals surface area contributed by atoms with E-state index in [0.717, 1.165) is 24.0 Å². The molecular weight excluding hydrogens is 322 g/mol. The van der Waals surface area contributed by atoms with E-state index in [4.69, 9.17) is 0 Å². The molecule has 3 rings (SSSR count). The molecule has 2 N–H and O–H groups in total. The Morgan fingerprint density at radius 3 is 2.92 bits per heavy atom. The molecule has 0 atom stereocenters.